The summed E-state index contributed by atoms with van der Waals surface area (Å²) in [5.41, 5.74) is 0. The Morgan fingerprint density at radius 1 is 1.53 bits per heavy atom. The van der Waals surface area contributed by atoms with Crippen LogP contribution in [0.25, 0.3) is 0 Å². The topological polar surface area (TPSA) is 41.1 Å². The molecule has 0 aliphatic carbocycles. The van der Waals surface area contributed by atoms with Crippen LogP contribution in [-0.4, -0.2) is 25.0 Å². The Balaban J connectivity index is 2.24. The Labute approximate surface area is 93.0 Å². The Morgan fingerprint density at radius 3 is 2.80 bits per heavy atom. The lowest BCUT2D eigenvalue weighted by Gasteiger charge is -2.20. The average Bonchev–Trinajstić information content (AvgIpc) is 2.70. The summed E-state index contributed by atoms with van der Waals surface area (Å²) in [6.07, 6.45) is 2.93. The van der Waals surface area contributed by atoms with Crippen molar-refractivity contribution in [2.45, 2.75) is 46.1 Å². The van der Waals surface area contributed by atoms with Gasteiger partial charge in [-0.1, -0.05) is 20.3 Å². The SMILES string of the molecule is CCC(C)CC(=O)NC(C)C1CCNC1. The number of hydrogen-bond acceptors (Lipinski definition) is 2. The van der Waals surface area contributed by atoms with E-state index in [0.29, 0.717) is 24.3 Å². The maximum atomic E-state index is 11.6. The van der Waals surface area contributed by atoms with Crippen molar-refractivity contribution in [1.29, 1.82) is 0 Å². The lowest BCUT2D eigenvalue weighted by molar-refractivity contribution is -0.122. The number of nitrogens with one attached hydrogen (secondary N) is 2. The molecule has 0 spiro atoms. The summed E-state index contributed by atoms with van der Waals surface area (Å²) < 4.78 is 0. The van der Waals surface area contributed by atoms with Crippen molar-refractivity contribution in [3.63, 3.8) is 0 Å². The van der Waals surface area contributed by atoms with Crippen molar-refractivity contribution in [2.75, 3.05) is 13.1 Å². The van der Waals surface area contributed by atoms with Gasteiger partial charge in [-0.2, -0.15) is 0 Å². The molecule has 3 heteroatoms. The minimum absolute atomic E-state index is 0.212. The van der Waals surface area contributed by atoms with E-state index in [9.17, 15) is 4.79 Å². The normalized spacial score (nSPS) is 24.9. The molecule has 0 bridgehead atoms. The van der Waals surface area contributed by atoms with Gasteiger partial charge in [0.1, 0.15) is 0 Å². The molecule has 0 saturated carbocycles. The molecule has 0 aromatic carbocycles. The molecule has 0 aromatic rings. The molecule has 1 saturated heterocycles. The zero-order valence-corrected chi connectivity index (χ0v) is 10.2. The third-order valence-electron chi connectivity index (χ3n) is 3.42. The van der Waals surface area contributed by atoms with Crippen molar-refractivity contribution in [2.24, 2.45) is 11.8 Å². The monoisotopic (exact) mass is 212 g/mol. The van der Waals surface area contributed by atoms with Gasteiger partial charge in [0, 0.05) is 12.5 Å². The van der Waals surface area contributed by atoms with Crippen molar-refractivity contribution in [3.8, 4) is 0 Å². The van der Waals surface area contributed by atoms with Gasteiger partial charge in [0.05, 0.1) is 0 Å². The van der Waals surface area contributed by atoms with Crippen LogP contribution in [0, 0.1) is 11.8 Å². The molecular formula is C12H24N2O. The van der Waals surface area contributed by atoms with Crippen LogP contribution in [0.4, 0.5) is 0 Å². The molecule has 3 atom stereocenters. The summed E-state index contributed by atoms with van der Waals surface area (Å²) in [5.74, 6) is 1.33. The molecule has 15 heavy (non-hydrogen) atoms. The van der Waals surface area contributed by atoms with Gasteiger partial charge >= 0.3 is 0 Å². The zero-order valence-electron chi connectivity index (χ0n) is 10.2. The van der Waals surface area contributed by atoms with Crippen LogP contribution in [0.3, 0.4) is 0 Å². The van der Waals surface area contributed by atoms with Crippen LogP contribution in [-0.2, 0) is 4.79 Å². The summed E-state index contributed by atoms with van der Waals surface area (Å²) in [4.78, 5) is 11.6. The first-order valence-corrected chi connectivity index (χ1v) is 6.13. The van der Waals surface area contributed by atoms with Crippen LogP contribution in [0.5, 0.6) is 0 Å². The Bertz CT molecular complexity index is 200. The quantitative estimate of drug-likeness (QED) is 0.726. The highest BCUT2D eigenvalue weighted by molar-refractivity contribution is 5.76. The molecule has 3 unspecified atom stereocenters. The van der Waals surface area contributed by atoms with E-state index in [1.165, 1.54) is 6.42 Å². The highest BCUT2D eigenvalue weighted by Gasteiger charge is 2.22. The van der Waals surface area contributed by atoms with Crippen molar-refractivity contribution in [1.82, 2.24) is 10.6 Å². The van der Waals surface area contributed by atoms with Gasteiger partial charge in [-0.3, -0.25) is 4.79 Å². The van der Waals surface area contributed by atoms with Crippen LogP contribution >= 0.6 is 0 Å². The molecule has 1 fully saturated rings. The first kappa shape index (κ1) is 12.5. The first-order chi connectivity index (χ1) is 7.13. The maximum absolute atomic E-state index is 11.6. The number of carbonyl (C=O) groups excluding carboxylic acids is 1. The lowest BCUT2D eigenvalue weighted by Crippen LogP contribution is -2.39. The molecule has 0 radical (unpaired) electrons. The predicted octanol–water partition coefficient (Wildman–Crippen LogP) is 1.54. The lowest BCUT2D eigenvalue weighted by atomic mass is 9.99. The predicted molar refractivity (Wildman–Crippen MR) is 62.7 cm³/mol. The maximum Gasteiger partial charge on any atom is 0.220 e. The summed E-state index contributed by atoms with van der Waals surface area (Å²) in [6.45, 7) is 8.51. The summed E-state index contributed by atoms with van der Waals surface area (Å²) in [6, 6.07) is 0.316. The molecule has 3 nitrogen and oxygen atoms in total. The smallest absolute Gasteiger partial charge is 0.220 e. The van der Waals surface area contributed by atoms with Gasteiger partial charge in [-0.15, -0.1) is 0 Å². The van der Waals surface area contributed by atoms with Crippen molar-refractivity contribution in [3.05, 3.63) is 0 Å². The van der Waals surface area contributed by atoms with E-state index in [2.05, 4.69) is 31.4 Å². The van der Waals surface area contributed by atoms with E-state index >= 15 is 0 Å². The molecular weight excluding hydrogens is 188 g/mol. The molecule has 2 N–H and O–H groups in total. The number of rotatable bonds is 5. The summed E-state index contributed by atoms with van der Waals surface area (Å²) in [5, 5.41) is 6.44. The van der Waals surface area contributed by atoms with E-state index in [0.717, 1.165) is 19.5 Å². The Kier molecular flexibility index (Phi) is 5.09. The van der Waals surface area contributed by atoms with Gasteiger partial charge in [0.25, 0.3) is 0 Å². The van der Waals surface area contributed by atoms with Gasteiger partial charge in [-0.25, -0.2) is 0 Å². The van der Waals surface area contributed by atoms with Crippen LogP contribution in [0.1, 0.15) is 40.0 Å². The summed E-state index contributed by atoms with van der Waals surface area (Å²) in [7, 11) is 0. The zero-order chi connectivity index (χ0) is 11.3. The molecule has 0 aromatic heterocycles. The van der Waals surface area contributed by atoms with E-state index in [1.54, 1.807) is 0 Å². The van der Waals surface area contributed by atoms with Crippen molar-refractivity contribution >= 4 is 5.91 Å². The van der Waals surface area contributed by atoms with Gasteiger partial charge in [-0.05, 0) is 38.3 Å². The summed E-state index contributed by atoms with van der Waals surface area (Å²) >= 11 is 0. The van der Waals surface area contributed by atoms with Gasteiger partial charge in [0.2, 0.25) is 5.91 Å². The Hall–Kier alpha value is -0.570. The molecule has 88 valence electrons. The minimum Gasteiger partial charge on any atom is -0.353 e. The van der Waals surface area contributed by atoms with E-state index in [4.69, 9.17) is 0 Å². The van der Waals surface area contributed by atoms with Crippen molar-refractivity contribution < 1.29 is 4.79 Å². The fraction of sp³-hybridized carbons (Fsp3) is 0.917. The third-order valence-corrected chi connectivity index (χ3v) is 3.42. The highest BCUT2D eigenvalue weighted by atomic mass is 16.1. The molecule has 1 aliphatic rings. The van der Waals surface area contributed by atoms with Crippen LogP contribution in [0.15, 0.2) is 0 Å². The van der Waals surface area contributed by atoms with Crippen LogP contribution < -0.4 is 10.6 Å². The van der Waals surface area contributed by atoms with E-state index in [1.807, 2.05) is 0 Å². The minimum atomic E-state index is 0.212. The standard InChI is InChI=1S/C12H24N2O/c1-4-9(2)7-12(15)14-10(3)11-5-6-13-8-11/h9-11,13H,4-8H2,1-3H3,(H,14,15). The largest absolute Gasteiger partial charge is 0.353 e. The molecule has 1 heterocycles. The molecule has 1 rings (SSSR count). The number of hydrogen-bond donors (Lipinski definition) is 2. The highest BCUT2D eigenvalue weighted by Crippen LogP contribution is 2.13. The Morgan fingerprint density at radius 2 is 2.27 bits per heavy atom. The second-order valence-electron chi connectivity index (χ2n) is 4.83. The van der Waals surface area contributed by atoms with Gasteiger partial charge < -0.3 is 10.6 Å². The van der Waals surface area contributed by atoms with E-state index in [-0.39, 0.29) is 5.91 Å². The second kappa shape index (κ2) is 6.11. The molecule has 1 amide bonds. The van der Waals surface area contributed by atoms with Gasteiger partial charge in [0.15, 0.2) is 0 Å². The third kappa shape index (κ3) is 4.20. The molecule has 1 aliphatic heterocycles. The fourth-order valence-electron chi connectivity index (χ4n) is 2.00. The number of carbonyl (C=O) groups is 1. The number of amides is 1. The van der Waals surface area contributed by atoms with Crippen LogP contribution in [0.2, 0.25) is 0 Å². The second-order valence-corrected chi connectivity index (χ2v) is 4.83. The van der Waals surface area contributed by atoms with E-state index < -0.39 is 0 Å². The first-order valence-electron chi connectivity index (χ1n) is 6.13. The average molecular weight is 212 g/mol. The fourth-order valence-corrected chi connectivity index (χ4v) is 2.00.